The van der Waals surface area contributed by atoms with Gasteiger partial charge in [0.1, 0.15) is 0 Å². The summed E-state index contributed by atoms with van der Waals surface area (Å²) in [6, 6.07) is 0.583. The summed E-state index contributed by atoms with van der Waals surface area (Å²) in [5.41, 5.74) is 2.05. The minimum absolute atomic E-state index is 0.236. The second kappa shape index (κ2) is 5.97. The van der Waals surface area contributed by atoms with Gasteiger partial charge >= 0.3 is 0 Å². The number of aromatic nitrogens is 2. The van der Waals surface area contributed by atoms with Crippen LogP contribution in [0.5, 0.6) is 0 Å². The van der Waals surface area contributed by atoms with E-state index in [0.29, 0.717) is 19.0 Å². The highest BCUT2D eigenvalue weighted by molar-refractivity contribution is 9.10. The van der Waals surface area contributed by atoms with E-state index in [-0.39, 0.29) is 5.78 Å². The van der Waals surface area contributed by atoms with Crippen LogP contribution in [0.15, 0.2) is 4.47 Å². The quantitative estimate of drug-likeness (QED) is 0.838. The van der Waals surface area contributed by atoms with Crippen molar-refractivity contribution in [3.63, 3.8) is 0 Å². The normalized spacial score (nSPS) is 15.1. The topological polar surface area (TPSA) is 46.9 Å². The molecule has 18 heavy (non-hydrogen) atoms. The van der Waals surface area contributed by atoms with Crippen molar-refractivity contribution in [2.45, 2.75) is 52.1 Å². The fraction of sp³-hybridized carbons (Fsp3) is 0.692. The highest BCUT2D eigenvalue weighted by atomic mass is 79.9. The Morgan fingerprint density at radius 2 is 2.22 bits per heavy atom. The SMILES string of the molecule is CCc1nn(CC)c(CC(=O)CNC2CC2)c1Br. The van der Waals surface area contributed by atoms with Crippen molar-refractivity contribution in [1.29, 1.82) is 0 Å². The lowest BCUT2D eigenvalue weighted by Crippen LogP contribution is -2.26. The number of halogens is 1. The van der Waals surface area contributed by atoms with Crippen LogP contribution in [0.3, 0.4) is 0 Å². The molecule has 1 aliphatic rings. The summed E-state index contributed by atoms with van der Waals surface area (Å²) < 4.78 is 2.93. The van der Waals surface area contributed by atoms with Crippen LogP contribution >= 0.6 is 15.9 Å². The number of hydrogen-bond acceptors (Lipinski definition) is 3. The van der Waals surface area contributed by atoms with Crippen LogP contribution in [-0.2, 0) is 24.2 Å². The summed E-state index contributed by atoms with van der Waals surface area (Å²) in [5.74, 6) is 0.236. The van der Waals surface area contributed by atoms with Gasteiger partial charge in [-0.15, -0.1) is 0 Å². The van der Waals surface area contributed by atoms with Gasteiger partial charge < -0.3 is 5.32 Å². The van der Waals surface area contributed by atoms with Crippen LogP contribution in [0.1, 0.15) is 38.1 Å². The van der Waals surface area contributed by atoms with E-state index >= 15 is 0 Å². The number of nitrogens with one attached hydrogen (secondary N) is 1. The van der Waals surface area contributed by atoms with E-state index in [1.807, 2.05) is 4.68 Å². The van der Waals surface area contributed by atoms with Crippen molar-refractivity contribution in [2.24, 2.45) is 0 Å². The lowest BCUT2D eigenvalue weighted by Gasteiger charge is -2.05. The van der Waals surface area contributed by atoms with Crippen molar-refractivity contribution < 1.29 is 4.79 Å². The van der Waals surface area contributed by atoms with Gasteiger partial charge in [0.15, 0.2) is 5.78 Å². The number of carbonyl (C=O) groups excluding carboxylic acids is 1. The largest absolute Gasteiger partial charge is 0.307 e. The molecule has 1 heterocycles. The smallest absolute Gasteiger partial charge is 0.152 e. The highest BCUT2D eigenvalue weighted by Crippen LogP contribution is 2.23. The number of hydrogen-bond donors (Lipinski definition) is 1. The van der Waals surface area contributed by atoms with Crippen molar-refractivity contribution in [1.82, 2.24) is 15.1 Å². The third kappa shape index (κ3) is 3.20. The number of rotatable bonds is 7. The molecule has 1 N–H and O–H groups in total. The van der Waals surface area contributed by atoms with E-state index in [9.17, 15) is 4.79 Å². The fourth-order valence-corrected chi connectivity index (χ4v) is 2.69. The van der Waals surface area contributed by atoms with Crippen LogP contribution in [0.25, 0.3) is 0 Å². The number of Topliss-reactive ketones (excluding diaryl/α,β-unsaturated/α-hetero) is 1. The molecule has 1 aromatic heterocycles. The maximum Gasteiger partial charge on any atom is 0.152 e. The summed E-state index contributed by atoms with van der Waals surface area (Å²) in [7, 11) is 0. The molecule has 0 saturated heterocycles. The third-order valence-electron chi connectivity index (χ3n) is 3.22. The number of aryl methyl sites for hydroxylation is 2. The Kier molecular flexibility index (Phi) is 4.56. The van der Waals surface area contributed by atoms with E-state index < -0.39 is 0 Å². The highest BCUT2D eigenvalue weighted by Gasteiger charge is 2.22. The van der Waals surface area contributed by atoms with Gasteiger partial charge in [0.25, 0.3) is 0 Å². The van der Waals surface area contributed by atoms with E-state index in [0.717, 1.165) is 28.8 Å². The van der Waals surface area contributed by atoms with Crippen LogP contribution < -0.4 is 5.32 Å². The lowest BCUT2D eigenvalue weighted by molar-refractivity contribution is -0.117. The Balaban J connectivity index is 2.01. The molecule has 0 spiro atoms. The second-order valence-electron chi connectivity index (χ2n) is 4.75. The predicted octanol–water partition coefficient (Wildman–Crippen LogP) is 2.09. The minimum atomic E-state index is 0.236. The molecule has 1 fully saturated rings. The van der Waals surface area contributed by atoms with Crippen LogP contribution in [0.4, 0.5) is 0 Å². The first-order chi connectivity index (χ1) is 8.65. The molecule has 0 atom stereocenters. The van der Waals surface area contributed by atoms with Crippen molar-refractivity contribution >= 4 is 21.7 Å². The maximum atomic E-state index is 11.9. The summed E-state index contributed by atoms with van der Waals surface area (Å²) in [6.07, 6.45) is 3.77. The lowest BCUT2D eigenvalue weighted by atomic mass is 10.2. The number of carbonyl (C=O) groups is 1. The molecule has 100 valence electrons. The molecule has 1 aliphatic carbocycles. The van der Waals surface area contributed by atoms with Crippen LogP contribution in [-0.4, -0.2) is 28.2 Å². The Morgan fingerprint density at radius 1 is 1.50 bits per heavy atom. The third-order valence-corrected chi connectivity index (χ3v) is 4.14. The van der Waals surface area contributed by atoms with Crippen LogP contribution in [0.2, 0.25) is 0 Å². The molecule has 0 unspecified atom stereocenters. The zero-order chi connectivity index (χ0) is 13.1. The Labute approximate surface area is 116 Å². The average Bonchev–Trinajstić information content (AvgIpc) is 3.14. The van der Waals surface area contributed by atoms with Gasteiger partial charge in [-0.05, 0) is 42.1 Å². The van der Waals surface area contributed by atoms with Crippen molar-refractivity contribution in [3.05, 3.63) is 15.9 Å². The van der Waals surface area contributed by atoms with Gasteiger partial charge in [0.05, 0.1) is 28.8 Å². The van der Waals surface area contributed by atoms with E-state index in [2.05, 4.69) is 40.2 Å². The summed E-state index contributed by atoms with van der Waals surface area (Å²) >= 11 is 3.57. The number of nitrogens with zero attached hydrogens (tertiary/aromatic N) is 2. The van der Waals surface area contributed by atoms with E-state index in [1.165, 1.54) is 12.8 Å². The molecular formula is C13H20BrN3O. The predicted molar refractivity (Wildman–Crippen MR) is 74.7 cm³/mol. The average molecular weight is 314 g/mol. The van der Waals surface area contributed by atoms with Crippen LogP contribution in [0, 0.1) is 0 Å². The summed E-state index contributed by atoms with van der Waals surface area (Å²) in [6.45, 7) is 5.41. The van der Waals surface area contributed by atoms with Crippen molar-refractivity contribution in [3.8, 4) is 0 Å². The Hall–Kier alpha value is -0.680. The molecule has 0 aliphatic heterocycles. The zero-order valence-electron chi connectivity index (χ0n) is 11.0. The first kappa shape index (κ1) is 13.7. The molecule has 2 rings (SSSR count). The van der Waals surface area contributed by atoms with E-state index in [1.54, 1.807) is 0 Å². The first-order valence-electron chi connectivity index (χ1n) is 6.64. The van der Waals surface area contributed by atoms with Gasteiger partial charge in [0.2, 0.25) is 0 Å². The molecule has 0 amide bonds. The molecule has 1 aromatic rings. The monoisotopic (exact) mass is 313 g/mol. The maximum absolute atomic E-state index is 11.9. The second-order valence-corrected chi connectivity index (χ2v) is 5.54. The first-order valence-corrected chi connectivity index (χ1v) is 7.44. The zero-order valence-corrected chi connectivity index (χ0v) is 12.6. The fourth-order valence-electron chi connectivity index (χ4n) is 1.98. The Bertz CT molecular complexity index is 438. The van der Waals surface area contributed by atoms with Gasteiger partial charge in [-0.25, -0.2) is 0 Å². The molecule has 0 bridgehead atoms. The molecule has 0 radical (unpaired) electrons. The van der Waals surface area contributed by atoms with Gasteiger partial charge in [-0.1, -0.05) is 6.92 Å². The standard InChI is InChI=1S/C13H20BrN3O/c1-3-11-13(14)12(17(4-2)16-11)7-10(18)8-15-9-5-6-9/h9,15H,3-8H2,1-2H3. The molecular weight excluding hydrogens is 294 g/mol. The summed E-state index contributed by atoms with van der Waals surface area (Å²) in [4.78, 5) is 11.9. The molecule has 1 saturated carbocycles. The summed E-state index contributed by atoms with van der Waals surface area (Å²) in [5, 5.41) is 7.76. The van der Waals surface area contributed by atoms with Gasteiger partial charge in [-0.2, -0.15) is 5.10 Å². The van der Waals surface area contributed by atoms with E-state index in [4.69, 9.17) is 0 Å². The number of ketones is 1. The molecule has 4 nitrogen and oxygen atoms in total. The van der Waals surface area contributed by atoms with Gasteiger partial charge in [0, 0.05) is 12.6 Å². The molecule has 0 aromatic carbocycles. The van der Waals surface area contributed by atoms with Crippen molar-refractivity contribution in [2.75, 3.05) is 6.54 Å². The molecule has 5 heteroatoms. The van der Waals surface area contributed by atoms with Gasteiger partial charge in [-0.3, -0.25) is 9.48 Å². The Morgan fingerprint density at radius 3 is 2.78 bits per heavy atom. The minimum Gasteiger partial charge on any atom is -0.307 e.